The lowest BCUT2D eigenvalue weighted by Gasteiger charge is -1.93. The Morgan fingerprint density at radius 2 is 2.07 bits per heavy atom. The van der Waals surface area contributed by atoms with Crippen LogP contribution < -0.4 is 5.73 Å². The number of aliphatic carboxylic acids is 1. The minimum absolute atomic E-state index is 0.419. The molecule has 0 saturated carbocycles. The normalized spacial score (nSPS) is 10.5. The highest BCUT2D eigenvalue weighted by Gasteiger charge is 2.38. The number of alkyl halides is 3. The molecule has 15 heavy (non-hydrogen) atoms. The fourth-order valence-corrected chi connectivity index (χ4v) is 1.18. The maximum absolute atomic E-state index is 10.6. The maximum atomic E-state index is 10.6. The van der Waals surface area contributed by atoms with E-state index >= 15 is 0 Å². The van der Waals surface area contributed by atoms with E-state index in [0.717, 1.165) is 3.92 Å². The second kappa shape index (κ2) is 5.98. The number of hydrogen-bond donors (Lipinski definition) is 2. The Bertz CT molecular complexity index is 330. The monoisotopic (exact) mass is 307 g/mol. The predicted molar refractivity (Wildman–Crippen MR) is 49.2 cm³/mol. The highest BCUT2D eigenvalue weighted by molar-refractivity contribution is 9.11. The molecule has 0 unspecified atom stereocenters. The highest BCUT2D eigenvalue weighted by atomic mass is 79.9. The lowest BCUT2D eigenvalue weighted by molar-refractivity contribution is -0.192. The third-order valence-electron chi connectivity index (χ3n) is 0.868. The summed E-state index contributed by atoms with van der Waals surface area (Å²) in [5, 5.41) is 7.12. The Morgan fingerprint density at radius 1 is 1.60 bits per heavy atom. The summed E-state index contributed by atoms with van der Waals surface area (Å²) in [5.74, 6) is -2.06. The van der Waals surface area contributed by atoms with Crippen molar-refractivity contribution in [2.24, 2.45) is 5.73 Å². The molecule has 0 bridgehead atoms. The molecule has 5 nitrogen and oxygen atoms in total. The van der Waals surface area contributed by atoms with Crippen LogP contribution in [0.5, 0.6) is 0 Å². The van der Waals surface area contributed by atoms with Gasteiger partial charge in [0.1, 0.15) is 0 Å². The number of rotatable bonds is 1. The fourth-order valence-electron chi connectivity index (χ4n) is 0.316. The average molecular weight is 308 g/mol. The van der Waals surface area contributed by atoms with E-state index in [2.05, 4.69) is 25.3 Å². The van der Waals surface area contributed by atoms with Gasteiger partial charge in [0.05, 0.1) is 6.54 Å². The number of carbonyl (C=O) groups is 1. The first kappa shape index (κ1) is 14.3. The van der Waals surface area contributed by atoms with Crippen molar-refractivity contribution >= 4 is 33.4 Å². The van der Waals surface area contributed by atoms with Gasteiger partial charge in [-0.2, -0.15) is 17.5 Å². The number of nitrogens with two attached hydrogens (primary N) is 1. The zero-order valence-corrected chi connectivity index (χ0v) is 9.36. The van der Waals surface area contributed by atoms with E-state index in [1.807, 2.05) is 0 Å². The zero-order valence-electron chi connectivity index (χ0n) is 6.95. The molecule has 0 aromatic carbocycles. The molecule has 1 heterocycles. The van der Waals surface area contributed by atoms with Crippen LogP contribution in [0.2, 0.25) is 0 Å². The van der Waals surface area contributed by atoms with Gasteiger partial charge in [0, 0.05) is 0 Å². The molecule has 0 atom stereocenters. The van der Waals surface area contributed by atoms with Gasteiger partial charge in [0.25, 0.3) is 0 Å². The predicted octanol–water partition coefficient (Wildman–Crippen LogP) is 1.39. The minimum atomic E-state index is -5.08. The van der Waals surface area contributed by atoms with Gasteiger partial charge in [-0.3, -0.25) is 0 Å². The lowest BCUT2D eigenvalue weighted by atomic mass is 10.6. The van der Waals surface area contributed by atoms with Gasteiger partial charge in [0.15, 0.2) is 9.74 Å². The number of carboxylic acid groups (broad SMARTS) is 1. The molecule has 10 heteroatoms. The Hall–Kier alpha value is -0.740. The molecule has 0 aliphatic carbocycles. The molecular weight excluding hydrogens is 303 g/mol. The molecule has 1 aromatic rings. The van der Waals surface area contributed by atoms with Crippen molar-refractivity contribution in [3.63, 3.8) is 0 Å². The highest BCUT2D eigenvalue weighted by Crippen LogP contribution is 2.13. The van der Waals surface area contributed by atoms with E-state index in [1.165, 1.54) is 11.5 Å². The van der Waals surface area contributed by atoms with E-state index in [4.69, 9.17) is 15.6 Å². The van der Waals surface area contributed by atoms with Crippen molar-refractivity contribution in [1.29, 1.82) is 0 Å². The molecule has 0 aliphatic heterocycles. The molecule has 1 rings (SSSR count). The van der Waals surface area contributed by atoms with Crippen molar-refractivity contribution in [2.45, 2.75) is 12.7 Å². The first-order valence-electron chi connectivity index (χ1n) is 3.25. The summed E-state index contributed by atoms with van der Waals surface area (Å²) in [6, 6.07) is 0. The standard InChI is InChI=1S/C3H4BrN3S.C2HF3O2/c4-3-6-2(1-5)7-8-3;3-2(4,5)1(6)7/h1,5H2;(H,6,7). The second-order valence-electron chi connectivity index (χ2n) is 1.97. The van der Waals surface area contributed by atoms with E-state index in [1.54, 1.807) is 0 Å². The van der Waals surface area contributed by atoms with Gasteiger partial charge < -0.3 is 10.8 Å². The minimum Gasteiger partial charge on any atom is -0.475 e. The quantitative estimate of drug-likeness (QED) is 0.818. The van der Waals surface area contributed by atoms with Crippen LogP contribution in [0.1, 0.15) is 5.82 Å². The summed E-state index contributed by atoms with van der Waals surface area (Å²) in [4.78, 5) is 12.8. The summed E-state index contributed by atoms with van der Waals surface area (Å²) in [6.45, 7) is 0.419. The van der Waals surface area contributed by atoms with Crippen LogP contribution in [-0.4, -0.2) is 26.6 Å². The summed E-state index contributed by atoms with van der Waals surface area (Å²) in [6.07, 6.45) is -5.08. The lowest BCUT2D eigenvalue weighted by Crippen LogP contribution is -2.21. The van der Waals surface area contributed by atoms with Gasteiger partial charge in [-0.25, -0.2) is 9.78 Å². The molecule has 86 valence electrons. The molecule has 3 N–H and O–H groups in total. The van der Waals surface area contributed by atoms with Crippen molar-refractivity contribution in [3.05, 3.63) is 9.74 Å². The molecule has 0 radical (unpaired) electrons. The zero-order chi connectivity index (χ0) is 12.1. The molecule has 0 aliphatic rings. The summed E-state index contributed by atoms with van der Waals surface area (Å²) in [5.41, 5.74) is 5.22. The number of halogens is 4. The van der Waals surface area contributed by atoms with Crippen LogP contribution in [0.4, 0.5) is 13.2 Å². The second-order valence-corrected chi connectivity index (χ2v) is 4.00. The fraction of sp³-hybridized carbons (Fsp3) is 0.400. The van der Waals surface area contributed by atoms with E-state index in [0.29, 0.717) is 12.4 Å². The van der Waals surface area contributed by atoms with Crippen LogP contribution in [-0.2, 0) is 11.3 Å². The van der Waals surface area contributed by atoms with E-state index in [-0.39, 0.29) is 0 Å². The first-order chi connectivity index (χ1) is 6.77. The third-order valence-corrected chi connectivity index (χ3v) is 2.02. The number of aromatic nitrogens is 2. The maximum Gasteiger partial charge on any atom is 0.490 e. The molecular formula is C5H5BrF3N3O2S. The van der Waals surface area contributed by atoms with Gasteiger partial charge in [-0.1, -0.05) is 0 Å². The smallest absolute Gasteiger partial charge is 0.475 e. The SMILES string of the molecule is NCc1nsc(Br)n1.O=C(O)C(F)(F)F. The van der Waals surface area contributed by atoms with Crippen molar-refractivity contribution in [1.82, 2.24) is 9.36 Å². The van der Waals surface area contributed by atoms with Crippen molar-refractivity contribution in [3.8, 4) is 0 Å². The molecule has 0 fully saturated rings. The first-order valence-corrected chi connectivity index (χ1v) is 4.82. The number of carboxylic acids is 1. The average Bonchev–Trinajstić information content (AvgIpc) is 2.50. The van der Waals surface area contributed by atoms with Gasteiger partial charge in [-0.05, 0) is 27.5 Å². The van der Waals surface area contributed by atoms with Gasteiger partial charge in [-0.15, -0.1) is 0 Å². The third kappa shape index (κ3) is 6.36. The Labute approximate surface area is 94.4 Å². The molecule has 0 spiro atoms. The van der Waals surface area contributed by atoms with Gasteiger partial charge >= 0.3 is 12.1 Å². The van der Waals surface area contributed by atoms with Crippen LogP contribution in [0.15, 0.2) is 3.92 Å². The summed E-state index contributed by atoms with van der Waals surface area (Å²) in [7, 11) is 0. The van der Waals surface area contributed by atoms with E-state index < -0.39 is 12.1 Å². The van der Waals surface area contributed by atoms with Crippen molar-refractivity contribution < 1.29 is 23.1 Å². The van der Waals surface area contributed by atoms with Crippen LogP contribution >= 0.6 is 27.5 Å². The molecule has 0 amide bonds. The molecule has 1 aromatic heterocycles. The van der Waals surface area contributed by atoms with E-state index in [9.17, 15) is 13.2 Å². The van der Waals surface area contributed by atoms with Crippen LogP contribution in [0, 0.1) is 0 Å². The topological polar surface area (TPSA) is 89.1 Å². The van der Waals surface area contributed by atoms with Crippen molar-refractivity contribution in [2.75, 3.05) is 0 Å². The largest absolute Gasteiger partial charge is 0.490 e. The van der Waals surface area contributed by atoms with Gasteiger partial charge in [0.2, 0.25) is 0 Å². The van der Waals surface area contributed by atoms with Crippen LogP contribution in [0.25, 0.3) is 0 Å². The van der Waals surface area contributed by atoms with Crippen LogP contribution in [0.3, 0.4) is 0 Å². The summed E-state index contributed by atoms with van der Waals surface area (Å²) < 4.78 is 36.4. The Morgan fingerprint density at radius 3 is 2.20 bits per heavy atom. The number of hydrogen-bond acceptors (Lipinski definition) is 5. The Kier molecular flexibility index (Phi) is 5.68. The summed E-state index contributed by atoms with van der Waals surface area (Å²) >= 11 is 4.47. The molecule has 0 saturated heterocycles. The Balaban J connectivity index is 0.000000265. The number of nitrogens with zero attached hydrogens (tertiary/aromatic N) is 2.